The number of carbonyl (C=O) groups is 2. The normalized spacial score (nSPS) is 19.6. The zero-order chi connectivity index (χ0) is 25.9. The molecule has 9 nitrogen and oxygen atoms in total. The van der Waals surface area contributed by atoms with Crippen molar-refractivity contribution in [1.82, 2.24) is 19.7 Å². The van der Waals surface area contributed by atoms with Crippen molar-refractivity contribution in [2.75, 3.05) is 58.2 Å². The van der Waals surface area contributed by atoms with Crippen LogP contribution in [0, 0.1) is 0 Å². The van der Waals surface area contributed by atoms with Gasteiger partial charge in [0.25, 0.3) is 6.43 Å². The highest BCUT2D eigenvalue weighted by Crippen LogP contribution is 2.38. The van der Waals surface area contributed by atoms with E-state index >= 15 is 0 Å². The van der Waals surface area contributed by atoms with Crippen LogP contribution in [0.4, 0.5) is 19.3 Å². The summed E-state index contributed by atoms with van der Waals surface area (Å²) in [6.07, 6.45) is 4.54. The number of aromatic nitrogens is 1. The van der Waals surface area contributed by atoms with Crippen molar-refractivity contribution >= 4 is 29.3 Å². The molecule has 0 spiro atoms. The van der Waals surface area contributed by atoms with Crippen molar-refractivity contribution in [1.29, 1.82) is 0 Å². The molecule has 0 atom stereocenters. The van der Waals surface area contributed by atoms with Gasteiger partial charge >= 0.3 is 6.03 Å². The van der Waals surface area contributed by atoms with Crippen molar-refractivity contribution < 1.29 is 23.1 Å². The van der Waals surface area contributed by atoms with Gasteiger partial charge in [-0.05, 0) is 31.4 Å². The minimum Gasteiger partial charge on any atom is -0.486 e. The van der Waals surface area contributed by atoms with E-state index in [1.165, 1.54) is 6.21 Å². The number of alkyl halides is 2. The molecule has 1 fully saturated rings. The lowest BCUT2D eigenvalue weighted by Crippen LogP contribution is -2.53. The molecule has 194 valence electrons. The van der Waals surface area contributed by atoms with Crippen molar-refractivity contribution in [3.05, 3.63) is 58.1 Å². The second kappa shape index (κ2) is 10.6. The smallest absolute Gasteiger partial charge is 0.320 e. The second-order valence-corrected chi connectivity index (χ2v) is 9.24. The van der Waals surface area contributed by atoms with E-state index in [-0.39, 0.29) is 30.7 Å². The lowest BCUT2D eigenvalue weighted by molar-refractivity contribution is 0.0552. The van der Waals surface area contributed by atoms with Crippen LogP contribution >= 0.6 is 0 Å². The Hall–Kier alpha value is -3.91. The Bertz CT molecular complexity index is 1290. The molecule has 4 aliphatic rings. The highest BCUT2D eigenvalue weighted by molar-refractivity contribution is 6.09. The molecule has 0 saturated carbocycles. The number of hydrogen-bond donors (Lipinski definition) is 2. The molecule has 3 aliphatic heterocycles. The van der Waals surface area contributed by atoms with Crippen molar-refractivity contribution in [2.45, 2.75) is 19.4 Å². The first-order valence-corrected chi connectivity index (χ1v) is 12.2. The molecule has 1 aliphatic carbocycles. The summed E-state index contributed by atoms with van der Waals surface area (Å²) < 4.78 is 31.2. The number of rotatable bonds is 6. The molecular formula is C26H28F2N6O3. The van der Waals surface area contributed by atoms with Gasteiger partial charge in [-0.25, -0.2) is 13.6 Å². The largest absolute Gasteiger partial charge is 0.486 e. The highest BCUT2D eigenvalue weighted by atomic mass is 19.3. The number of piperazine rings is 1. The Balaban J connectivity index is 1.52. The van der Waals surface area contributed by atoms with Crippen LogP contribution in [0.1, 0.15) is 28.2 Å². The maximum Gasteiger partial charge on any atom is 0.320 e. The Morgan fingerprint density at radius 3 is 2.78 bits per heavy atom. The molecule has 1 saturated heterocycles. The molecule has 5 rings (SSSR count). The molecule has 0 bridgehead atoms. The molecule has 2 N–H and O–H groups in total. The predicted molar refractivity (Wildman–Crippen MR) is 135 cm³/mol. The number of ketones is 1. The number of Topliss-reactive ketones (excluding diaryl/α,β-unsaturated/α-hetero) is 1. The predicted octanol–water partition coefficient (Wildman–Crippen LogP) is 3.02. The SMILES string of the molecule is CN1CCN(C(=O)N2CC(=O)c3c([nH]c(C4=C(OCC(F)F)C=NCC4)c3NC3=C=C=CC=C3)C2)CC1. The Labute approximate surface area is 213 Å². The van der Waals surface area contributed by atoms with Gasteiger partial charge in [-0.3, -0.25) is 9.79 Å². The molecule has 0 aromatic carbocycles. The third-order valence-electron chi connectivity index (χ3n) is 6.66. The van der Waals surface area contributed by atoms with E-state index in [1.54, 1.807) is 28.0 Å². The van der Waals surface area contributed by atoms with Crippen molar-refractivity contribution in [3.8, 4) is 0 Å². The Morgan fingerprint density at radius 1 is 1.24 bits per heavy atom. The van der Waals surface area contributed by atoms with Gasteiger partial charge in [0.15, 0.2) is 5.78 Å². The molecule has 0 unspecified atom stereocenters. The van der Waals surface area contributed by atoms with Crippen LogP contribution in [0.2, 0.25) is 0 Å². The maximum atomic E-state index is 13.5. The van der Waals surface area contributed by atoms with Gasteiger partial charge in [0, 0.05) is 44.0 Å². The lowest BCUT2D eigenvalue weighted by atomic mass is 9.99. The zero-order valence-corrected chi connectivity index (χ0v) is 20.5. The van der Waals surface area contributed by atoms with E-state index < -0.39 is 13.0 Å². The van der Waals surface area contributed by atoms with Crippen LogP contribution in [0.3, 0.4) is 0 Å². The monoisotopic (exact) mass is 510 g/mol. The number of hydrogen-bond acceptors (Lipinski definition) is 6. The van der Waals surface area contributed by atoms with Gasteiger partial charge in [-0.2, -0.15) is 0 Å². The quantitative estimate of drug-likeness (QED) is 0.574. The number of ether oxygens (including phenoxy) is 1. The van der Waals surface area contributed by atoms with E-state index in [2.05, 4.69) is 31.7 Å². The molecule has 37 heavy (non-hydrogen) atoms. The van der Waals surface area contributed by atoms with Gasteiger partial charge in [0.1, 0.15) is 12.4 Å². The van der Waals surface area contributed by atoms with Gasteiger partial charge in [0.05, 0.1) is 41.9 Å². The minimum atomic E-state index is -2.64. The number of nitrogens with one attached hydrogen (secondary N) is 2. The first-order chi connectivity index (χ1) is 17.9. The molecular weight excluding hydrogens is 482 g/mol. The van der Waals surface area contributed by atoms with E-state index in [1.807, 2.05) is 7.05 Å². The number of amides is 2. The van der Waals surface area contributed by atoms with Crippen LogP contribution in [0.25, 0.3) is 5.57 Å². The van der Waals surface area contributed by atoms with Gasteiger partial charge in [-0.1, -0.05) is 11.8 Å². The number of dihydropyridines is 1. The molecule has 11 heteroatoms. The summed E-state index contributed by atoms with van der Waals surface area (Å²) in [7, 11) is 2.01. The molecule has 1 aromatic rings. The highest BCUT2D eigenvalue weighted by Gasteiger charge is 2.36. The number of urea groups is 1. The van der Waals surface area contributed by atoms with Crippen molar-refractivity contribution in [3.63, 3.8) is 0 Å². The van der Waals surface area contributed by atoms with Gasteiger partial charge in [0.2, 0.25) is 0 Å². The topological polar surface area (TPSA) is 93.3 Å². The summed E-state index contributed by atoms with van der Waals surface area (Å²) in [5.74, 6) is 0.0170. The van der Waals surface area contributed by atoms with E-state index in [9.17, 15) is 18.4 Å². The average Bonchev–Trinajstić information content (AvgIpc) is 3.26. The number of halogens is 2. The standard InChI is InChI=1S/C26H28F2N6O3/c1-32-9-11-33(12-10-32)26(36)34-14-19-23(20(35)15-34)25(30-17-5-3-2-4-6-17)24(31-19)18-7-8-29-13-21(18)37-16-22(27)28/h2-3,5,13,22,30-31H,7-12,14-16H2,1H3. The van der Waals surface area contributed by atoms with Crippen molar-refractivity contribution in [2.24, 2.45) is 4.99 Å². The third-order valence-corrected chi connectivity index (χ3v) is 6.66. The number of H-pyrrole nitrogens is 1. The van der Waals surface area contributed by atoms with Crippen LogP contribution < -0.4 is 5.32 Å². The lowest BCUT2D eigenvalue weighted by Gasteiger charge is -2.37. The van der Waals surface area contributed by atoms with Crippen LogP contribution in [-0.4, -0.2) is 97.1 Å². The number of aromatic amines is 1. The van der Waals surface area contributed by atoms with Crippen LogP contribution in [0.5, 0.6) is 0 Å². The summed E-state index contributed by atoms with van der Waals surface area (Å²) in [5, 5.41) is 3.27. The Kier molecular flexibility index (Phi) is 7.10. The van der Waals surface area contributed by atoms with Gasteiger partial charge < -0.3 is 29.7 Å². The van der Waals surface area contributed by atoms with E-state index in [4.69, 9.17) is 4.74 Å². The first kappa shape index (κ1) is 24.8. The Morgan fingerprint density at radius 2 is 2.05 bits per heavy atom. The average molecular weight is 511 g/mol. The van der Waals surface area contributed by atoms with Gasteiger partial charge in [-0.15, -0.1) is 0 Å². The molecule has 4 heterocycles. The second-order valence-electron chi connectivity index (χ2n) is 9.24. The number of likely N-dealkylation sites (N-methyl/N-ethyl adjacent to an activating group) is 1. The van der Waals surface area contributed by atoms with E-state index in [0.717, 1.165) is 13.1 Å². The van der Waals surface area contributed by atoms with Crippen LogP contribution in [-0.2, 0) is 11.3 Å². The number of anilines is 1. The maximum absolute atomic E-state index is 13.5. The van der Waals surface area contributed by atoms with E-state index in [0.29, 0.717) is 60.0 Å². The first-order valence-electron chi connectivity index (χ1n) is 12.2. The molecule has 2 amide bonds. The number of allylic oxidation sites excluding steroid dienone is 4. The number of aliphatic imine (C=N–C) groups is 1. The summed E-state index contributed by atoms with van der Waals surface area (Å²) in [6, 6.07) is -0.172. The summed E-state index contributed by atoms with van der Waals surface area (Å²) in [4.78, 5) is 39.7. The minimum absolute atomic E-state index is 0.0516. The zero-order valence-electron chi connectivity index (χ0n) is 20.5. The summed E-state index contributed by atoms with van der Waals surface area (Å²) in [5.41, 5.74) is 9.17. The molecule has 0 radical (unpaired) electrons. The fourth-order valence-electron chi connectivity index (χ4n) is 4.77. The molecule has 1 aromatic heterocycles. The fourth-order valence-corrected chi connectivity index (χ4v) is 4.77. The number of nitrogens with zero attached hydrogens (tertiary/aromatic N) is 4. The number of carbonyl (C=O) groups excluding carboxylic acids is 2. The van der Waals surface area contributed by atoms with Crippen LogP contribution in [0.15, 0.2) is 46.1 Å². The summed E-state index contributed by atoms with van der Waals surface area (Å²) >= 11 is 0. The number of fused-ring (bicyclic) bond motifs is 1. The summed E-state index contributed by atoms with van der Waals surface area (Å²) in [6.45, 7) is 2.63. The fraction of sp³-hybridized carbons (Fsp3) is 0.423. The third kappa shape index (κ3) is 5.29.